The maximum absolute atomic E-state index is 10.4. The lowest BCUT2D eigenvalue weighted by Crippen LogP contribution is -2.32. The van der Waals surface area contributed by atoms with E-state index in [2.05, 4.69) is 6.92 Å². The van der Waals surface area contributed by atoms with Crippen molar-refractivity contribution in [3.63, 3.8) is 0 Å². The Bertz CT molecular complexity index is 451. The van der Waals surface area contributed by atoms with E-state index in [-0.39, 0.29) is 0 Å². The van der Waals surface area contributed by atoms with E-state index >= 15 is 0 Å². The van der Waals surface area contributed by atoms with Gasteiger partial charge in [-0.25, -0.2) is 0 Å². The number of carboxylic acid groups (broad SMARTS) is 2. The first-order valence-corrected chi connectivity index (χ1v) is 7.89. The number of aliphatic carboxylic acids is 2. The zero-order valence-electron chi connectivity index (χ0n) is 13.6. The van der Waals surface area contributed by atoms with Crippen molar-refractivity contribution in [1.82, 2.24) is 0 Å². The molecule has 2 atom stereocenters. The quantitative estimate of drug-likeness (QED) is 0.515. The van der Waals surface area contributed by atoms with Crippen molar-refractivity contribution >= 4 is 11.9 Å². The molecule has 0 fully saturated rings. The van der Waals surface area contributed by atoms with Gasteiger partial charge in [0.25, 0.3) is 0 Å². The van der Waals surface area contributed by atoms with Crippen LogP contribution in [0.3, 0.4) is 0 Å². The van der Waals surface area contributed by atoms with E-state index in [1.807, 2.05) is 30.3 Å². The third-order valence-corrected chi connectivity index (χ3v) is 3.30. The lowest BCUT2D eigenvalue weighted by Gasteiger charge is -2.04. The highest BCUT2D eigenvalue weighted by Crippen LogP contribution is 2.04. The van der Waals surface area contributed by atoms with Crippen LogP contribution in [-0.4, -0.2) is 34.2 Å². The van der Waals surface area contributed by atoms with Crippen LogP contribution in [0.5, 0.6) is 0 Å². The van der Waals surface area contributed by atoms with Crippen LogP contribution in [0.1, 0.15) is 44.6 Å². The molecule has 0 aromatic heterocycles. The Balaban J connectivity index is 0.000000423. The van der Waals surface area contributed by atoms with Gasteiger partial charge < -0.3 is 21.7 Å². The summed E-state index contributed by atoms with van der Waals surface area (Å²) in [5.41, 5.74) is 11.6. The highest BCUT2D eigenvalue weighted by Gasteiger charge is 2.11. The predicted molar refractivity (Wildman–Crippen MR) is 90.1 cm³/mol. The van der Waals surface area contributed by atoms with Crippen LogP contribution >= 0.6 is 0 Å². The Morgan fingerprint density at radius 3 is 2.00 bits per heavy atom. The summed E-state index contributed by atoms with van der Waals surface area (Å²) in [5.74, 6) is -1.85. The number of rotatable bonds is 9. The topological polar surface area (TPSA) is 127 Å². The van der Waals surface area contributed by atoms with Crippen LogP contribution in [0.2, 0.25) is 0 Å². The summed E-state index contributed by atoms with van der Waals surface area (Å²) in [7, 11) is 0. The Hall–Kier alpha value is -1.92. The summed E-state index contributed by atoms with van der Waals surface area (Å²) in [6.07, 6.45) is 5.36. The number of hydrogen-bond donors (Lipinski definition) is 4. The molecule has 0 spiro atoms. The normalized spacial score (nSPS) is 12.7. The fraction of sp³-hybridized carbons (Fsp3) is 0.529. The van der Waals surface area contributed by atoms with E-state index in [1.165, 1.54) is 12.8 Å². The van der Waals surface area contributed by atoms with Gasteiger partial charge in [-0.1, -0.05) is 62.9 Å². The predicted octanol–water partition coefficient (Wildman–Crippen LogP) is 2.01. The molecule has 0 aliphatic heterocycles. The lowest BCUT2D eigenvalue weighted by atomic mass is 10.1. The van der Waals surface area contributed by atoms with E-state index in [0.29, 0.717) is 12.8 Å². The maximum atomic E-state index is 10.4. The molecular formula is C17H28N2O4. The second kappa shape index (κ2) is 12.6. The molecule has 0 radical (unpaired) electrons. The molecule has 1 aromatic carbocycles. The highest BCUT2D eigenvalue weighted by atomic mass is 16.4. The molecule has 0 amide bonds. The van der Waals surface area contributed by atoms with Gasteiger partial charge in [-0.2, -0.15) is 0 Å². The van der Waals surface area contributed by atoms with Gasteiger partial charge in [0.15, 0.2) is 0 Å². The van der Waals surface area contributed by atoms with Crippen LogP contribution in [-0.2, 0) is 16.0 Å². The third-order valence-electron chi connectivity index (χ3n) is 3.30. The molecule has 0 aliphatic carbocycles. The van der Waals surface area contributed by atoms with Gasteiger partial charge in [-0.3, -0.25) is 9.59 Å². The first-order chi connectivity index (χ1) is 10.9. The molecule has 1 rings (SSSR count). The van der Waals surface area contributed by atoms with Gasteiger partial charge in [0.2, 0.25) is 0 Å². The molecule has 1 aromatic rings. The van der Waals surface area contributed by atoms with Crippen molar-refractivity contribution in [2.75, 3.05) is 0 Å². The molecule has 130 valence electrons. The number of unbranched alkanes of at least 4 members (excludes halogenated alkanes) is 3. The average molecular weight is 324 g/mol. The summed E-state index contributed by atoms with van der Waals surface area (Å²) in [6.45, 7) is 2.12. The maximum Gasteiger partial charge on any atom is 0.320 e. The summed E-state index contributed by atoms with van der Waals surface area (Å²) < 4.78 is 0. The minimum atomic E-state index is -0.959. The second-order valence-electron chi connectivity index (χ2n) is 5.43. The van der Waals surface area contributed by atoms with E-state index in [1.54, 1.807) is 0 Å². The van der Waals surface area contributed by atoms with Crippen LogP contribution in [0, 0.1) is 0 Å². The first kappa shape index (κ1) is 21.1. The number of hydrogen-bond acceptors (Lipinski definition) is 4. The molecule has 6 N–H and O–H groups in total. The Labute approximate surface area is 137 Å². The van der Waals surface area contributed by atoms with Crippen molar-refractivity contribution in [2.45, 2.75) is 57.5 Å². The summed E-state index contributed by atoms with van der Waals surface area (Å²) >= 11 is 0. The Kier molecular flexibility index (Phi) is 11.6. The third kappa shape index (κ3) is 11.3. The van der Waals surface area contributed by atoms with Gasteiger partial charge in [-0.15, -0.1) is 0 Å². The fourth-order valence-corrected chi connectivity index (χ4v) is 1.87. The number of carbonyl (C=O) groups is 2. The van der Waals surface area contributed by atoms with Crippen molar-refractivity contribution in [2.24, 2.45) is 11.5 Å². The molecule has 0 aliphatic rings. The van der Waals surface area contributed by atoms with Gasteiger partial charge in [0.1, 0.15) is 12.1 Å². The van der Waals surface area contributed by atoms with E-state index in [9.17, 15) is 9.59 Å². The molecule has 1 unspecified atom stereocenters. The number of nitrogens with two attached hydrogens (primary N) is 2. The largest absolute Gasteiger partial charge is 0.480 e. The molecule has 0 heterocycles. The van der Waals surface area contributed by atoms with Gasteiger partial charge in [0, 0.05) is 0 Å². The summed E-state index contributed by atoms with van der Waals surface area (Å²) in [5, 5.41) is 16.9. The van der Waals surface area contributed by atoms with Crippen molar-refractivity contribution in [3.8, 4) is 0 Å². The minimum Gasteiger partial charge on any atom is -0.480 e. The zero-order chi connectivity index (χ0) is 17.7. The molecule has 6 heteroatoms. The molecule has 0 saturated carbocycles. The first-order valence-electron chi connectivity index (χ1n) is 7.89. The molecule has 0 saturated heterocycles. The SMILES string of the molecule is CCCCCCC(N)C(=O)O.N[C@@H](Cc1ccccc1)C(=O)O. The Morgan fingerprint density at radius 1 is 0.957 bits per heavy atom. The number of benzene rings is 1. The summed E-state index contributed by atoms with van der Waals surface area (Å²) in [4.78, 5) is 20.6. The van der Waals surface area contributed by atoms with Crippen LogP contribution < -0.4 is 11.5 Å². The standard InChI is InChI=1S/C9H11NO2.C8H17NO2/c10-8(9(11)12)6-7-4-2-1-3-5-7;1-2-3-4-5-6-7(9)8(10)11/h1-5,8H,6,10H2,(H,11,12);7H,2-6,9H2,1H3,(H,10,11)/t8-;/m0./s1. The zero-order valence-corrected chi connectivity index (χ0v) is 13.6. The average Bonchev–Trinajstić information content (AvgIpc) is 2.52. The smallest absolute Gasteiger partial charge is 0.320 e. The van der Waals surface area contributed by atoms with Crippen molar-refractivity contribution in [1.29, 1.82) is 0 Å². The fourth-order valence-electron chi connectivity index (χ4n) is 1.87. The minimum absolute atomic E-state index is 0.385. The molecule has 23 heavy (non-hydrogen) atoms. The Morgan fingerprint density at radius 2 is 1.52 bits per heavy atom. The number of carboxylic acids is 2. The van der Waals surface area contributed by atoms with Gasteiger partial charge in [-0.05, 0) is 18.4 Å². The van der Waals surface area contributed by atoms with E-state index < -0.39 is 24.0 Å². The van der Waals surface area contributed by atoms with Crippen molar-refractivity contribution < 1.29 is 19.8 Å². The lowest BCUT2D eigenvalue weighted by molar-refractivity contribution is -0.139. The monoisotopic (exact) mass is 324 g/mol. The van der Waals surface area contributed by atoms with E-state index in [0.717, 1.165) is 18.4 Å². The van der Waals surface area contributed by atoms with Crippen LogP contribution in [0.25, 0.3) is 0 Å². The second-order valence-corrected chi connectivity index (χ2v) is 5.43. The van der Waals surface area contributed by atoms with Crippen LogP contribution in [0.15, 0.2) is 30.3 Å². The summed E-state index contributed by atoms with van der Waals surface area (Å²) in [6, 6.07) is 7.88. The van der Waals surface area contributed by atoms with Crippen molar-refractivity contribution in [3.05, 3.63) is 35.9 Å². The molecule has 0 bridgehead atoms. The van der Waals surface area contributed by atoms with Gasteiger partial charge in [0.05, 0.1) is 0 Å². The van der Waals surface area contributed by atoms with Crippen LogP contribution in [0.4, 0.5) is 0 Å². The van der Waals surface area contributed by atoms with Gasteiger partial charge >= 0.3 is 11.9 Å². The van der Waals surface area contributed by atoms with E-state index in [4.69, 9.17) is 21.7 Å². The molecule has 6 nitrogen and oxygen atoms in total. The molecular weight excluding hydrogens is 296 g/mol. The highest BCUT2D eigenvalue weighted by molar-refractivity contribution is 5.73.